The van der Waals surface area contributed by atoms with E-state index in [-0.39, 0.29) is 11.9 Å². The van der Waals surface area contributed by atoms with E-state index in [0.29, 0.717) is 19.0 Å². The molecule has 2 amide bonds. The highest BCUT2D eigenvalue weighted by molar-refractivity contribution is 5.83. The smallest absolute Gasteiger partial charge is 0.326 e. The van der Waals surface area contributed by atoms with E-state index in [2.05, 4.69) is 19.2 Å². The Morgan fingerprint density at radius 2 is 2.11 bits per heavy atom. The highest BCUT2D eigenvalue weighted by Gasteiger charge is 2.36. The molecule has 1 rings (SSSR count). The monoisotopic (exact) mass is 270 g/mol. The maximum absolute atomic E-state index is 12.1. The van der Waals surface area contributed by atoms with E-state index in [4.69, 9.17) is 0 Å². The summed E-state index contributed by atoms with van der Waals surface area (Å²) in [4.78, 5) is 24.8. The summed E-state index contributed by atoms with van der Waals surface area (Å²) in [6, 6.07) is -0.915. The Hall–Kier alpha value is -1.26. The second kappa shape index (κ2) is 7.36. The van der Waals surface area contributed by atoms with Crippen LogP contribution in [0, 0.1) is 11.8 Å². The van der Waals surface area contributed by atoms with Crippen molar-refractivity contribution in [3.8, 4) is 0 Å². The molecule has 110 valence electrons. The van der Waals surface area contributed by atoms with E-state index in [1.54, 1.807) is 0 Å². The lowest BCUT2D eigenvalue weighted by molar-refractivity contribution is -0.145. The summed E-state index contributed by atoms with van der Waals surface area (Å²) in [5.74, 6) is -0.254. The zero-order valence-corrected chi connectivity index (χ0v) is 12.2. The van der Waals surface area contributed by atoms with E-state index >= 15 is 0 Å². The van der Waals surface area contributed by atoms with Crippen molar-refractivity contribution in [1.82, 2.24) is 10.2 Å². The van der Waals surface area contributed by atoms with Crippen LogP contribution >= 0.6 is 0 Å². The number of hydrogen-bond donors (Lipinski definition) is 2. The lowest BCUT2D eigenvalue weighted by Crippen LogP contribution is -2.55. The highest BCUT2D eigenvalue weighted by Crippen LogP contribution is 2.23. The van der Waals surface area contributed by atoms with Crippen LogP contribution in [0.1, 0.15) is 46.5 Å². The van der Waals surface area contributed by atoms with Crippen molar-refractivity contribution in [3.63, 3.8) is 0 Å². The number of amides is 2. The van der Waals surface area contributed by atoms with Gasteiger partial charge in [0.1, 0.15) is 6.04 Å². The van der Waals surface area contributed by atoms with Crippen LogP contribution in [0.3, 0.4) is 0 Å². The Balaban J connectivity index is 2.47. The summed E-state index contributed by atoms with van der Waals surface area (Å²) in [6.45, 7) is 7.35. The number of piperidine rings is 1. The molecule has 0 spiro atoms. The summed E-state index contributed by atoms with van der Waals surface area (Å²) in [5, 5.41) is 12.1. The number of carboxylic acids is 1. The van der Waals surface area contributed by atoms with Gasteiger partial charge in [-0.3, -0.25) is 0 Å². The van der Waals surface area contributed by atoms with Gasteiger partial charge in [0.15, 0.2) is 0 Å². The van der Waals surface area contributed by atoms with Crippen LogP contribution < -0.4 is 5.32 Å². The fourth-order valence-corrected chi connectivity index (χ4v) is 2.60. The molecule has 19 heavy (non-hydrogen) atoms. The Bertz CT molecular complexity index is 318. The van der Waals surface area contributed by atoms with Gasteiger partial charge >= 0.3 is 12.0 Å². The minimum absolute atomic E-state index is 0.0210. The average molecular weight is 270 g/mol. The van der Waals surface area contributed by atoms with Crippen LogP contribution in [-0.2, 0) is 4.79 Å². The first-order valence-corrected chi connectivity index (χ1v) is 7.20. The van der Waals surface area contributed by atoms with Gasteiger partial charge in [-0.25, -0.2) is 9.59 Å². The SMILES string of the molecule is CC(C)CCCNC(=O)N1CCCC(C)C1C(=O)O. The third kappa shape index (κ3) is 4.73. The molecule has 1 fully saturated rings. The molecule has 5 heteroatoms. The van der Waals surface area contributed by atoms with Crippen LogP contribution in [0.4, 0.5) is 4.79 Å². The van der Waals surface area contributed by atoms with Gasteiger partial charge < -0.3 is 15.3 Å². The number of urea groups is 1. The van der Waals surface area contributed by atoms with Gasteiger partial charge in [-0.1, -0.05) is 20.8 Å². The standard InChI is InChI=1S/C14H26N2O3/c1-10(2)6-4-8-15-14(19)16-9-5-7-11(3)12(16)13(17)18/h10-12H,4-9H2,1-3H3,(H,15,19)(H,17,18). The minimum Gasteiger partial charge on any atom is -0.480 e. The lowest BCUT2D eigenvalue weighted by Gasteiger charge is -2.37. The molecular weight excluding hydrogens is 244 g/mol. The minimum atomic E-state index is -0.899. The van der Waals surface area contributed by atoms with Crippen molar-refractivity contribution in [2.75, 3.05) is 13.1 Å². The van der Waals surface area contributed by atoms with Gasteiger partial charge in [0.25, 0.3) is 0 Å². The first-order chi connectivity index (χ1) is 8.93. The van der Waals surface area contributed by atoms with Gasteiger partial charge in [-0.05, 0) is 37.5 Å². The molecule has 2 atom stereocenters. The first-order valence-electron chi connectivity index (χ1n) is 7.20. The van der Waals surface area contributed by atoms with Gasteiger partial charge in [-0.2, -0.15) is 0 Å². The second-order valence-electron chi connectivity index (χ2n) is 5.86. The van der Waals surface area contributed by atoms with Gasteiger partial charge in [0.2, 0.25) is 0 Å². The second-order valence-corrected chi connectivity index (χ2v) is 5.86. The van der Waals surface area contributed by atoms with Gasteiger partial charge in [0.05, 0.1) is 0 Å². The topological polar surface area (TPSA) is 69.6 Å². The largest absolute Gasteiger partial charge is 0.480 e. The molecule has 0 aliphatic carbocycles. The zero-order chi connectivity index (χ0) is 14.4. The molecule has 1 aliphatic heterocycles. The normalized spacial score (nSPS) is 23.5. The molecular formula is C14H26N2O3. The number of carbonyl (C=O) groups is 2. The maximum atomic E-state index is 12.1. The predicted octanol–water partition coefficient (Wildman–Crippen LogP) is 2.32. The van der Waals surface area contributed by atoms with Crippen LogP contribution in [-0.4, -0.2) is 41.1 Å². The molecule has 2 N–H and O–H groups in total. The quantitative estimate of drug-likeness (QED) is 0.753. The van der Waals surface area contributed by atoms with Crippen LogP contribution in [0.5, 0.6) is 0 Å². The van der Waals surface area contributed by atoms with Crippen LogP contribution in [0.25, 0.3) is 0 Å². The number of carboxylic acid groups (broad SMARTS) is 1. The van der Waals surface area contributed by atoms with E-state index in [9.17, 15) is 14.7 Å². The van der Waals surface area contributed by atoms with E-state index in [0.717, 1.165) is 25.7 Å². The molecule has 0 bridgehead atoms. The van der Waals surface area contributed by atoms with E-state index < -0.39 is 12.0 Å². The summed E-state index contributed by atoms with van der Waals surface area (Å²) in [7, 11) is 0. The van der Waals surface area contributed by atoms with Crippen LogP contribution in [0.15, 0.2) is 0 Å². The third-order valence-electron chi connectivity index (χ3n) is 3.68. The number of rotatable bonds is 5. The summed E-state index contributed by atoms with van der Waals surface area (Å²) < 4.78 is 0. The summed E-state index contributed by atoms with van der Waals surface area (Å²) in [6.07, 6.45) is 3.75. The Labute approximate surface area is 115 Å². The number of nitrogens with zero attached hydrogens (tertiary/aromatic N) is 1. The molecule has 0 radical (unpaired) electrons. The zero-order valence-electron chi connectivity index (χ0n) is 12.2. The number of nitrogens with one attached hydrogen (secondary N) is 1. The molecule has 0 saturated carbocycles. The van der Waals surface area contributed by atoms with Crippen molar-refractivity contribution in [2.24, 2.45) is 11.8 Å². The number of likely N-dealkylation sites (tertiary alicyclic amines) is 1. The number of hydrogen-bond acceptors (Lipinski definition) is 2. The lowest BCUT2D eigenvalue weighted by atomic mass is 9.91. The summed E-state index contributed by atoms with van der Waals surface area (Å²) >= 11 is 0. The molecule has 1 saturated heterocycles. The van der Waals surface area contributed by atoms with Crippen molar-refractivity contribution in [3.05, 3.63) is 0 Å². The van der Waals surface area contributed by atoms with E-state index in [1.165, 1.54) is 4.90 Å². The molecule has 1 aliphatic rings. The first kappa shape index (κ1) is 15.8. The molecule has 0 aromatic rings. The maximum Gasteiger partial charge on any atom is 0.326 e. The Kier molecular flexibility index (Phi) is 6.12. The fraction of sp³-hybridized carbons (Fsp3) is 0.857. The number of carbonyl (C=O) groups excluding carboxylic acids is 1. The fourth-order valence-electron chi connectivity index (χ4n) is 2.60. The molecule has 0 aromatic heterocycles. The van der Waals surface area contributed by atoms with Crippen molar-refractivity contribution >= 4 is 12.0 Å². The predicted molar refractivity (Wildman–Crippen MR) is 74.0 cm³/mol. The average Bonchev–Trinajstić information content (AvgIpc) is 2.33. The molecule has 2 unspecified atom stereocenters. The van der Waals surface area contributed by atoms with Gasteiger partial charge in [-0.15, -0.1) is 0 Å². The van der Waals surface area contributed by atoms with Crippen molar-refractivity contribution < 1.29 is 14.7 Å². The van der Waals surface area contributed by atoms with Crippen molar-refractivity contribution in [1.29, 1.82) is 0 Å². The number of aliphatic carboxylic acids is 1. The van der Waals surface area contributed by atoms with Crippen molar-refractivity contribution in [2.45, 2.75) is 52.5 Å². The Morgan fingerprint density at radius 3 is 2.68 bits per heavy atom. The molecule has 1 heterocycles. The molecule has 0 aromatic carbocycles. The van der Waals surface area contributed by atoms with Gasteiger partial charge in [0, 0.05) is 13.1 Å². The Morgan fingerprint density at radius 1 is 1.42 bits per heavy atom. The highest BCUT2D eigenvalue weighted by atomic mass is 16.4. The summed E-state index contributed by atoms with van der Waals surface area (Å²) in [5.41, 5.74) is 0. The van der Waals surface area contributed by atoms with Crippen LogP contribution in [0.2, 0.25) is 0 Å². The molecule has 5 nitrogen and oxygen atoms in total. The third-order valence-corrected chi connectivity index (χ3v) is 3.68. The van der Waals surface area contributed by atoms with E-state index in [1.807, 2.05) is 6.92 Å².